The lowest BCUT2D eigenvalue weighted by atomic mass is 9.80. The van der Waals surface area contributed by atoms with Gasteiger partial charge in [-0.15, -0.1) is 0 Å². The summed E-state index contributed by atoms with van der Waals surface area (Å²) in [4.78, 5) is 0. The standard InChI is InChI=1S/C11H25N/c1-9(7-10(2,3)4)8-11(5,6)12/h9H,7-8,12H2,1-6H3/t9-/m0/s1. The van der Waals surface area contributed by atoms with E-state index < -0.39 is 0 Å². The zero-order valence-corrected chi connectivity index (χ0v) is 9.57. The van der Waals surface area contributed by atoms with Crippen LogP contribution in [0.2, 0.25) is 0 Å². The van der Waals surface area contributed by atoms with E-state index in [9.17, 15) is 0 Å². The summed E-state index contributed by atoms with van der Waals surface area (Å²) in [7, 11) is 0. The second-order valence-corrected chi connectivity index (χ2v) is 6.06. The molecule has 0 unspecified atom stereocenters. The zero-order valence-electron chi connectivity index (χ0n) is 9.57. The molecule has 0 bridgehead atoms. The summed E-state index contributed by atoms with van der Waals surface area (Å²) in [6.07, 6.45) is 2.37. The maximum atomic E-state index is 5.96. The van der Waals surface area contributed by atoms with Gasteiger partial charge >= 0.3 is 0 Å². The third-order valence-corrected chi connectivity index (χ3v) is 1.84. The van der Waals surface area contributed by atoms with Gasteiger partial charge in [0.15, 0.2) is 0 Å². The Hall–Kier alpha value is -0.0400. The van der Waals surface area contributed by atoms with Crippen LogP contribution in [-0.2, 0) is 0 Å². The van der Waals surface area contributed by atoms with Crippen LogP contribution in [0.5, 0.6) is 0 Å². The van der Waals surface area contributed by atoms with Crippen molar-refractivity contribution >= 4 is 0 Å². The first-order valence-electron chi connectivity index (χ1n) is 4.89. The fourth-order valence-electron chi connectivity index (χ4n) is 2.02. The van der Waals surface area contributed by atoms with E-state index in [1.165, 1.54) is 6.42 Å². The first-order chi connectivity index (χ1) is 5.10. The Morgan fingerprint density at radius 1 is 1.00 bits per heavy atom. The lowest BCUT2D eigenvalue weighted by molar-refractivity contribution is 0.264. The maximum absolute atomic E-state index is 5.96. The van der Waals surface area contributed by atoms with Gasteiger partial charge in [0.25, 0.3) is 0 Å². The second-order valence-electron chi connectivity index (χ2n) is 6.06. The molecule has 0 aliphatic rings. The van der Waals surface area contributed by atoms with Gasteiger partial charge in [0, 0.05) is 5.54 Å². The van der Waals surface area contributed by atoms with E-state index in [4.69, 9.17) is 5.73 Å². The van der Waals surface area contributed by atoms with Gasteiger partial charge in [-0.3, -0.25) is 0 Å². The van der Waals surface area contributed by atoms with E-state index in [0.29, 0.717) is 5.41 Å². The Balaban J connectivity index is 3.83. The third kappa shape index (κ3) is 8.06. The Morgan fingerprint density at radius 2 is 1.42 bits per heavy atom. The number of hydrogen-bond donors (Lipinski definition) is 1. The van der Waals surface area contributed by atoms with E-state index in [1.54, 1.807) is 0 Å². The first kappa shape index (κ1) is 12.0. The molecule has 2 N–H and O–H groups in total. The van der Waals surface area contributed by atoms with Crippen LogP contribution in [0.3, 0.4) is 0 Å². The van der Waals surface area contributed by atoms with Crippen LogP contribution in [0.15, 0.2) is 0 Å². The molecule has 0 saturated carbocycles. The lowest BCUT2D eigenvalue weighted by Crippen LogP contribution is -2.34. The van der Waals surface area contributed by atoms with Gasteiger partial charge < -0.3 is 5.73 Å². The minimum atomic E-state index is -0.00926. The van der Waals surface area contributed by atoms with Crippen LogP contribution in [0.1, 0.15) is 54.4 Å². The monoisotopic (exact) mass is 171 g/mol. The smallest absolute Gasteiger partial charge is 0.00995 e. The van der Waals surface area contributed by atoms with Gasteiger partial charge in [-0.2, -0.15) is 0 Å². The number of rotatable bonds is 3. The van der Waals surface area contributed by atoms with Crippen molar-refractivity contribution in [3.05, 3.63) is 0 Å². The van der Waals surface area contributed by atoms with Crippen LogP contribution in [0, 0.1) is 11.3 Å². The van der Waals surface area contributed by atoms with Crippen LogP contribution < -0.4 is 5.73 Å². The van der Waals surface area contributed by atoms with Gasteiger partial charge in [-0.05, 0) is 38.0 Å². The highest BCUT2D eigenvalue weighted by atomic mass is 14.7. The van der Waals surface area contributed by atoms with Crippen molar-refractivity contribution < 1.29 is 0 Å². The summed E-state index contributed by atoms with van der Waals surface area (Å²) in [5.74, 6) is 0.727. The summed E-state index contributed by atoms with van der Waals surface area (Å²) < 4.78 is 0. The van der Waals surface area contributed by atoms with Crippen molar-refractivity contribution in [2.45, 2.75) is 59.9 Å². The van der Waals surface area contributed by atoms with Gasteiger partial charge in [0.1, 0.15) is 0 Å². The third-order valence-electron chi connectivity index (χ3n) is 1.84. The maximum Gasteiger partial charge on any atom is 0.00995 e. The fraction of sp³-hybridized carbons (Fsp3) is 1.00. The quantitative estimate of drug-likeness (QED) is 0.693. The average molecular weight is 171 g/mol. The van der Waals surface area contributed by atoms with Gasteiger partial charge in [0.2, 0.25) is 0 Å². The Labute approximate surface area is 77.7 Å². The topological polar surface area (TPSA) is 26.0 Å². The minimum absolute atomic E-state index is 0.00926. The highest BCUT2D eigenvalue weighted by Gasteiger charge is 2.20. The van der Waals surface area contributed by atoms with Crippen molar-refractivity contribution in [2.24, 2.45) is 17.1 Å². The molecule has 0 spiro atoms. The predicted molar refractivity (Wildman–Crippen MR) is 56.1 cm³/mol. The summed E-state index contributed by atoms with van der Waals surface area (Å²) in [6.45, 7) is 13.4. The zero-order chi connectivity index (χ0) is 9.99. The molecular weight excluding hydrogens is 146 g/mol. The molecule has 0 amide bonds. The molecule has 0 aromatic rings. The molecule has 1 heteroatoms. The molecule has 0 heterocycles. The molecule has 0 aromatic carbocycles. The van der Waals surface area contributed by atoms with E-state index in [-0.39, 0.29) is 5.54 Å². The van der Waals surface area contributed by atoms with Gasteiger partial charge in [0.05, 0.1) is 0 Å². The molecule has 0 aliphatic heterocycles. The molecule has 74 valence electrons. The average Bonchev–Trinajstić information content (AvgIpc) is 1.49. The van der Waals surface area contributed by atoms with E-state index in [2.05, 4.69) is 41.5 Å². The van der Waals surface area contributed by atoms with Crippen molar-refractivity contribution in [3.63, 3.8) is 0 Å². The van der Waals surface area contributed by atoms with Crippen molar-refractivity contribution in [1.82, 2.24) is 0 Å². The highest BCUT2D eigenvalue weighted by Crippen LogP contribution is 2.28. The van der Waals surface area contributed by atoms with Crippen molar-refractivity contribution in [2.75, 3.05) is 0 Å². The minimum Gasteiger partial charge on any atom is -0.326 e. The van der Waals surface area contributed by atoms with Crippen LogP contribution >= 0.6 is 0 Å². The normalized spacial score (nSPS) is 16.2. The highest BCUT2D eigenvalue weighted by molar-refractivity contribution is 4.77. The summed E-state index contributed by atoms with van der Waals surface area (Å²) in [5.41, 5.74) is 6.38. The fourth-order valence-corrected chi connectivity index (χ4v) is 2.02. The Kier molecular flexibility index (Phi) is 3.77. The Bertz CT molecular complexity index is 109. The van der Waals surface area contributed by atoms with Crippen LogP contribution in [0.25, 0.3) is 0 Å². The molecule has 0 aliphatic carbocycles. The SMILES string of the molecule is C[C@@H](CC(C)(C)C)CC(C)(C)N. The number of hydrogen-bond acceptors (Lipinski definition) is 1. The van der Waals surface area contributed by atoms with Gasteiger partial charge in [-0.25, -0.2) is 0 Å². The summed E-state index contributed by atoms with van der Waals surface area (Å²) in [6, 6.07) is 0. The number of nitrogens with two attached hydrogens (primary N) is 1. The lowest BCUT2D eigenvalue weighted by Gasteiger charge is -2.28. The van der Waals surface area contributed by atoms with Crippen LogP contribution in [0.4, 0.5) is 0 Å². The molecule has 0 fully saturated rings. The van der Waals surface area contributed by atoms with Gasteiger partial charge in [-0.1, -0.05) is 27.7 Å². The van der Waals surface area contributed by atoms with Crippen molar-refractivity contribution in [3.8, 4) is 0 Å². The van der Waals surface area contributed by atoms with E-state index >= 15 is 0 Å². The molecule has 1 nitrogen and oxygen atoms in total. The van der Waals surface area contributed by atoms with E-state index in [1.807, 2.05) is 0 Å². The molecule has 0 saturated heterocycles. The van der Waals surface area contributed by atoms with Crippen molar-refractivity contribution in [1.29, 1.82) is 0 Å². The molecule has 12 heavy (non-hydrogen) atoms. The molecule has 0 radical (unpaired) electrons. The molecule has 1 atom stereocenters. The van der Waals surface area contributed by atoms with E-state index in [0.717, 1.165) is 12.3 Å². The molecular formula is C11H25N. The first-order valence-corrected chi connectivity index (χ1v) is 4.89. The predicted octanol–water partition coefficient (Wildman–Crippen LogP) is 3.19. The summed E-state index contributed by atoms with van der Waals surface area (Å²) in [5, 5.41) is 0. The Morgan fingerprint density at radius 3 is 1.67 bits per heavy atom. The van der Waals surface area contributed by atoms with Crippen LogP contribution in [-0.4, -0.2) is 5.54 Å². The largest absolute Gasteiger partial charge is 0.326 e. The summed E-state index contributed by atoms with van der Waals surface area (Å²) >= 11 is 0. The molecule has 0 rings (SSSR count). The molecule has 0 aromatic heterocycles. The second kappa shape index (κ2) is 3.78.